The molecular weight excluding hydrogens is 399 g/mol. The molecule has 2 aromatic rings. The number of halogens is 3. The summed E-state index contributed by atoms with van der Waals surface area (Å²) in [6, 6.07) is 11.2. The second-order valence-corrected chi connectivity index (χ2v) is 7.84. The average molecular weight is 415 g/mol. The Labute approximate surface area is 159 Å². The summed E-state index contributed by atoms with van der Waals surface area (Å²) in [5.41, 5.74) is -5.37. The number of ketones is 1. The van der Waals surface area contributed by atoms with Gasteiger partial charge in [0.1, 0.15) is 5.75 Å². The minimum atomic E-state index is -5.90. The van der Waals surface area contributed by atoms with Crippen molar-refractivity contribution in [3.63, 3.8) is 0 Å². The van der Waals surface area contributed by atoms with Crippen molar-refractivity contribution in [3.8, 4) is 11.5 Å². The number of hydrogen-bond donors (Lipinski definition) is 0. The summed E-state index contributed by atoms with van der Waals surface area (Å²) in [7, 11) is -2.87. The van der Waals surface area contributed by atoms with Gasteiger partial charge in [-0.05, 0) is 24.3 Å². The maximum atomic E-state index is 12.8. The van der Waals surface area contributed by atoms with Gasteiger partial charge in [0.15, 0.2) is 11.9 Å². The molecule has 0 saturated heterocycles. The number of nitrogens with zero attached hydrogens (tertiary/aromatic N) is 1. The van der Waals surface area contributed by atoms with E-state index < -0.39 is 33.3 Å². The number of carbonyl (C=O) groups excluding carboxylic acids is 1. The highest BCUT2D eigenvalue weighted by Crippen LogP contribution is 2.41. The van der Waals surface area contributed by atoms with Gasteiger partial charge < -0.3 is 13.8 Å². The van der Waals surface area contributed by atoms with E-state index in [-0.39, 0.29) is 23.2 Å². The SMILES string of the molecule is CN(C)c1ccc2c(c1OS(=O)(=O)C(F)(F)F)CC(Oc1ccccc1)C2=O. The van der Waals surface area contributed by atoms with Gasteiger partial charge >= 0.3 is 15.6 Å². The number of fused-ring (bicyclic) bond motifs is 1. The van der Waals surface area contributed by atoms with Crippen molar-refractivity contribution >= 4 is 21.6 Å². The summed E-state index contributed by atoms with van der Waals surface area (Å²) in [6.07, 6.45) is -1.11. The zero-order chi connectivity index (χ0) is 20.7. The number of hydrogen-bond acceptors (Lipinski definition) is 6. The maximum Gasteiger partial charge on any atom is 0.534 e. The molecule has 3 rings (SSSR count). The Morgan fingerprint density at radius 1 is 1.07 bits per heavy atom. The van der Waals surface area contributed by atoms with Crippen LogP contribution < -0.4 is 13.8 Å². The average Bonchev–Trinajstić information content (AvgIpc) is 2.91. The van der Waals surface area contributed by atoms with Gasteiger partial charge in [0.2, 0.25) is 5.78 Å². The van der Waals surface area contributed by atoms with Crippen LogP contribution in [0.15, 0.2) is 42.5 Å². The number of para-hydroxylation sites is 1. The van der Waals surface area contributed by atoms with Crippen LogP contribution in [-0.4, -0.2) is 39.9 Å². The lowest BCUT2D eigenvalue weighted by atomic mass is 10.1. The molecule has 0 radical (unpaired) electrons. The molecule has 150 valence electrons. The maximum absolute atomic E-state index is 12.8. The molecule has 0 amide bonds. The quantitative estimate of drug-likeness (QED) is 0.552. The van der Waals surface area contributed by atoms with Crippen molar-refractivity contribution in [1.82, 2.24) is 0 Å². The molecule has 0 N–H and O–H groups in total. The largest absolute Gasteiger partial charge is 0.534 e. The molecule has 0 aliphatic heterocycles. The van der Waals surface area contributed by atoms with E-state index in [4.69, 9.17) is 4.74 Å². The fourth-order valence-corrected chi connectivity index (χ4v) is 3.36. The minimum Gasteiger partial charge on any atom is -0.482 e. The van der Waals surface area contributed by atoms with Gasteiger partial charge in [-0.2, -0.15) is 21.6 Å². The number of carbonyl (C=O) groups is 1. The van der Waals surface area contributed by atoms with Crippen LogP contribution in [0.5, 0.6) is 11.5 Å². The van der Waals surface area contributed by atoms with Crippen LogP contribution in [0, 0.1) is 0 Å². The van der Waals surface area contributed by atoms with Crippen molar-refractivity contribution in [1.29, 1.82) is 0 Å². The van der Waals surface area contributed by atoms with Gasteiger partial charge in [0.05, 0.1) is 5.69 Å². The molecule has 0 bridgehead atoms. The summed E-state index contributed by atoms with van der Waals surface area (Å²) in [5.74, 6) is -0.572. The molecular formula is C18H16F3NO5S. The highest BCUT2D eigenvalue weighted by atomic mass is 32.2. The fraction of sp³-hybridized carbons (Fsp3) is 0.278. The van der Waals surface area contributed by atoms with Crippen LogP contribution >= 0.6 is 0 Å². The Bertz CT molecular complexity index is 1000. The fourth-order valence-electron chi connectivity index (χ4n) is 2.86. The second kappa shape index (κ2) is 7.01. The molecule has 1 atom stereocenters. The lowest BCUT2D eigenvalue weighted by molar-refractivity contribution is -0.0500. The Balaban J connectivity index is 2.02. The van der Waals surface area contributed by atoms with Gasteiger partial charge in [-0.25, -0.2) is 0 Å². The lowest BCUT2D eigenvalue weighted by Gasteiger charge is -2.20. The van der Waals surface area contributed by atoms with Crippen molar-refractivity contribution in [2.45, 2.75) is 18.0 Å². The van der Waals surface area contributed by atoms with E-state index in [1.165, 1.54) is 31.1 Å². The summed E-state index contributed by atoms with van der Waals surface area (Å²) in [5, 5.41) is 0. The minimum absolute atomic E-state index is 0.0601. The summed E-state index contributed by atoms with van der Waals surface area (Å²) in [6.45, 7) is 0. The molecule has 1 aliphatic carbocycles. The van der Waals surface area contributed by atoms with Crippen LogP contribution in [0.4, 0.5) is 18.9 Å². The standard InChI is InChI=1S/C18H16F3NO5S/c1-22(2)14-9-8-12-13(17(14)27-28(24,25)18(19,20)21)10-15(16(12)23)26-11-6-4-3-5-7-11/h3-9,15H,10H2,1-2H3. The van der Waals surface area contributed by atoms with E-state index in [1.54, 1.807) is 30.3 Å². The summed E-state index contributed by atoms with van der Waals surface area (Å²) < 4.78 is 71.7. The number of alkyl halides is 3. The number of ether oxygens (including phenoxy) is 1. The lowest BCUT2D eigenvalue weighted by Crippen LogP contribution is -2.29. The third-order valence-corrected chi connectivity index (χ3v) is 5.12. The van der Waals surface area contributed by atoms with Crippen molar-refractivity contribution in [3.05, 3.63) is 53.6 Å². The van der Waals surface area contributed by atoms with Gasteiger partial charge in [-0.3, -0.25) is 4.79 Å². The molecule has 1 unspecified atom stereocenters. The first-order valence-corrected chi connectivity index (χ1v) is 9.52. The molecule has 1 aliphatic rings. The van der Waals surface area contributed by atoms with Crippen molar-refractivity contribution in [2.24, 2.45) is 0 Å². The van der Waals surface area contributed by atoms with Crippen LogP contribution in [-0.2, 0) is 16.5 Å². The Morgan fingerprint density at radius 3 is 2.29 bits per heavy atom. The first-order chi connectivity index (χ1) is 13.0. The number of benzene rings is 2. The zero-order valence-electron chi connectivity index (χ0n) is 14.9. The molecule has 6 nitrogen and oxygen atoms in total. The van der Waals surface area contributed by atoms with Crippen LogP contribution in [0.1, 0.15) is 15.9 Å². The Hall–Kier alpha value is -2.75. The number of rotatable bonds is 5. The summed E-state index contributed by atoms with van der Waals surface area (Å²) in [4.78, 5) is 14.0. The van der Waals surface area contributed by atoms with Crippen LogP contribution in [0.25, 0.3) is 0 Å². The molecule has 2 aromatic carbocycles. The zero-order valence-corrected chi connectivity index (χ0v) is 15.7. The normalized spacial score (nSPS) is 16.6. The van der Waals surface area contributed by atoms with Gasteiger partial charge in [-0.15, -0.1) is 0 Å². The first-order valence-electron chi connectivity index (χ1n) is 8.11. The van der Waals surface area contributed by atoms with E-state index in [0.717, 1.165) is 0 Å². The van der Waals surface area contributed by atoms with E-state index in [1.807, 2.05) is 0 Å². The Morgan fingerprint density at radius 2 is 1.71 bits per heavy atom. The van der Waals surface area contributed by atoms with Crippen LogP contribution in [0.3, 0.4) is 0 Å². The molecule has 28 heavy (non-hydrogen) atoms. The molecule has 0 spiro atoms. The molecule has 0 fully saturated rings. The van der Waals surface area contributed by atoms with Crippen molar-refractivity contribution in [2.75, 3.05) is 19.0 Å². The second-order valence-electron chi connectivity index (χ2n) is 6.31. The number of anilines is 1. The van der Waals surface area contributed by atoms with E-state index in [2.05, 4.69) is 4.18 Å². The third-order valence-electron chi connectivity index (χ3n) is 4.17. The highest BCUT2D eigenvalue weighted by molar-refractivity contribution is 7.88. The van der Waals surface area contributed by atoms with E-state index >= 15 is 0 Å². The van der Waals surface area contributed by atoms with Crippen molar-refractivity contribution < 1.29 is 35.3 Å². The number of Topliss-reactive ketones (excluding diaryl/α,β-unsaturated/α-hetero) is 1. The van der Waals surface area contributed by atoms with E-state index in [0.29, 0.717) is 5.75 Å². The summed E-state index contributed by atoms with van der Waals surface area (Å²) >= 11 is 0. The van der Waals surface area contributed by atoms with E-state index in [9.17, 15) is 26.4 Å². The molecule has 0 heterocycles. The smallest absolute Gasteiger partial charge is 0.482 e. The predicted molar refractivity (Wildman–Crippen MR) is 95.3 cm³/mol. The third kappa shape index (κ3) is 3.64. The monoisotopic (exact) mass is 415 g/mol. The first kappa shape index (κ1) is 20.0. The predicted octanol–water partition coefficient (Wildman–Crippen LogP) is 3.17. The van der Waals surface area contributed by atoms with Gasteiger partial charge in [-0.1, -0.05) is 18.2 Å². The molecule has 10 heteroatoms. The molecule has 0 saturated carbocycles. The Kier molecular flexibility index (Phi) is 5.00. The topological polar surface area (TPSA) is 72.9 Å². The van der Waals surface area contributed by atoms with Gasteiger partial charge in [0.25, 0.3) is 0 Å². The van der Waals surface area contributed by atoms with Gasteiger partial charge in [0, 0.05) is 31.6 Å². The molecule has 0 aromatic heterocycles. The van der Waals surface area contributed by atoms with Crippen LogP contribution in [0.2, 0.25) is 0 Å². The highest BCUT2D eigenvalue weighted by Gasteiger charge is 2.50.